The SMILES string of the molecule is c1ccc(-c2cc(-c3ccccc3)cc(-c3nc(-c4ccc5c(ccc6ccccc65)c4)cc(-c4cc5cccnc5c5ncccc45)n3)c2)cc1. The summed E-state index contributed by atoms with van der Waals surface area (Å²) in [5.41, 5.74) is 10.9. The van der Waals surface area contributed by atoms with Crippen LogP contribution >= 0.6 is 0 Å². The van der Waals surface area contributed by atoms with Gasteiger partial charge < -0.3 is 0 Å². The molecule has 4 nitrogen and oxygen atoms in total. The van der Waals surface area contributed by atoms with Crippen LogP contribution in [0.25, 0.3) is 99.5 Å². The van der Waals surface area contributed by atoms with E-state index in [2.05, 4.69) is 158 Å². The van der Waals surface area contributed by atoms with Gasteiger partial charge >= 0.3 is 0 Å². The van der Waals surface area contributed by atoms with Gasteiger partial charge in [-0.05, 0) is 92.3 Å². The molecule has 0 saturated heterocycles. The number of hydrogen-bond acceptors (Lipinski definition) is 4. The first kappa shape index (κ1) is 29.8. The van der Waals surface area contributed by atoms with Crippen molar-refractivity contribution in [2.24, 2.45) is 0 Å². The molecule has 7 aromatic carbocycles. The molecule has 0 N–H and O–H groups in total. The van der Waals surface area contributed by atoms with E-state index in [1.165, 1.54) is 21.5 Å². The highest BCUT2D eigenvalue weighted by molar-refractivity contribution is 6.10. The minimum atomic E-state index is 0.657. The van der Waals surface area contributed by atoms with Crippen molar-refractivity contribution in [1.29, 1.82) is 0 Å². The number of aromatic nitrogens is 4. The first-order valence-electron chi connectivity index (χ1n) is 17.5. The predicted molar refractivity (Wildman–Crippen MR) is 215 cm³/mol. The van der Waals surface area contributed by atoms with Crippen LogP contribution in [0, 0.1) is 0 Å². The molecule has 0 bridgehead atoms. The zero-order valence-corrected chi connectivity index (χ0v) is 28.1. The highest BCUT2D eigenvalue weighted by atomic mass is 14.9. The summed E-state index contributed by atoms with van der Waals surface area (Å²) in [5, 5.41) is 6.87. The molecule has 0 amide bonds. The van der Waals surface area contributed by atoms with E-state index in [0.29, 0.717) is 5.82 Å². The van der Waals surface area contributed by atoms with Crippen LogP contribution in [0.2, 0.25) is 0 Å². The summed E-state index contributed by atoms with van der Waals surface area (Å²) < 4.78 is 0. The van der Waals surface area contributed by atoms with Crippen molar-refractivity contribution in [2.75, 3.05) is 0 Å². The van der Waals surface area contributed by atoms with E-state index in [0.717, 1.165) is 72.1 Å². The first-order chi connectivity index (χ1) is 25.7. The fourth-order valence-electron chi connectivity index (χ4n) is 7.37. The van der Waals surface area contributed by atoms with Crippen LogP contribution in [0.3, 0.4) is 0 Å². The Bertz CT molecular complexity index is 2900. The number of rotatable bonds is 5. The monoisotopic (exact) mass is 662 g/mol. The van der Waals surface area contributed by atoms with Gasteiger partial charge in [-0.3, -0.25) is 9.97 Å². The van der Waals surface area contributed by atoms with Gasteiger partial charge in [-0.25, -0.2) is 9.97 Å². The molecule has 0 spiro atoms. The van der Waals surface area contributed by atoms with E-state index in [1.807, 2.05) is 24.5 Å². The van der Waals surface area contributed by atoms with Crippen LogP contribution in [-0.4, -0.2) is 19.9 Å². The molecule has 0 aliphatic heterocycles. The molecule has 10 rings (SSSR count). The van der Waals surface area contributed by atoms with Gasteiger partial charge in [0.15, 0.2) is 5.82 Å². The summed E-state index contributed by atoms with van der Waals surface area (Å²) in [5.74, 6) is 0.657. The second-order valence-corrected chi connectivity index (χ2v) is 13.1. The average Bonchev–Trinajstić information content (AvgIpc) is 3.23. The molecule has 0 saturated carbocycles. The number of nitrogens with zero attached hydrogens (tertiary/aromatic N) is 4. The standard InChI is InChI=1S/C48H30N4/c1-3-11-31(12-4-1)37-26-38(32-13-5-2-6-14-32)28-39(27-37)48-51-44(35-21-22-41-34(25-35)20-19-33-15-7-8-17-40(33)41)30-45(52-48)43-29-36-16-9-23-49-46(36)47-42(43)18-10-24-50-47/h1-30H. The Morgan fingerprint density at radius 3 is 1.69 bits per heavy atom. The van der Waals surface area contributed by atoms with E-state index in [4.69, 9.17) is 19.9 Å². The van der Waals surface area contributed by atoms with Crippen molar-refractivity contribution in [3.05, 3.63) is 182 Å². The number of fused-ring (bicyclic) bond motifs is 6. The lowest BCUT2D eigenvalue weighted by Gasteiger charge is -2.15. The van der Waals surface area contributed by atoms with E-state index in [-0.39, 0.29) is 0 Å². The van der Waals surface area contributed by atoms with Crippen LogP contribution in [0.4, 0.5) is 0 Å². The number of pyridine rings is 2. The lowest BCUT2D eigenvalue weighted by molar-refractivity contribution is 1.19. The molecule has 52 heavy (non-hydrogen) atoms. The third-order valence-corrected chi connectivity index (χ3v) is 9.91. The summed E-state index contributed by atoms with van der Waals surface area (Å²) in [6.07, 6.45) is 3.65. The topological polar surface area (TPSA) is 51.6 Å². The number of hydrogen-bond donors (Lipinski definition) is 0. The van der Waals surface area contributed by atoms with E-state index in [1.54, 1.807) is 0 Å². The highest BCUT2D eigenvalue weighted by Gasteiger charge is 2.17. The predicted octanol–water partition coefficient (Wildman–Crippen LogP) is 12.2. The quantitative estimate of drug-likeness (QED) is 0.172. The Hall–Kier alpha value is -7.04. The molecular weight excluding hydrogens is 633 g/mol. The Morgan fingerprint density at radius 1 is 0.308 bits per heavy atom. The molecule has 3 aromatic heterocycles. The third kappa shape index (κ3) is 5.26. The summed E-state index contributed by atoms with van der Waals surface area (Å²) in [6.45, 7) is 0. The lowest BCUT2D eigenvalue weighted by atomic mass is 9.95. The van der Waals surface area contributed by atoms with Gasteiger partial charge in [-0.1, -0.05) is 121 Å². The molecule has 4 heteroatoms. The zero-order valence-electron chi connectivity index (χ0n) is 28.1. The Labute approximate surface area is 300 Å². The van der Waals surface area contributed by atoms with Gasteiger partial charge in [-0.2, -0.15) is 0 Å². The van der Waals surface area contributed by atoms with Crippen LogP contribution in [0.5, 0.6) is 0 Å². The van der Waals surface area contributed by atoms with Gasteiger partial charge in [-0.15, -0.1) is 0 Å². The third-order valence-electron chi connectivity index (χ3n) is 9.91. The molecule has 10 aromatic rings. The zero-order chi connectivity index (χ0) is 34.4. The molecular formula is C48H30N4. The summed E-state index contributed by atoms with van der Waals surface area (Å²) in [7, 11) is 0. The van der Waals surface area contributed by atoms with Crippen LogP contribution in [0.1, 0.15) is 0 Å². The van der Waals surface area contributed by atoms with Crippen LogP contribution < -0.4 is 0 Å². The maximum Gasteiger partial charge on any atom is 0.160 e. The van der Waals surface area contributed by atoms with Gasteiger partial charge in [0.05, 0.1) is 22.4 Å². The van der Waals surface area contributed by atoms with Crippen molar-refractivity contribution in [3.63, 3.8) is 0 Å². The molecule has 242 valence electrons. The number of benzene rings is 7. The molecule has 0 unspecified atom stereocenters. The van der Waals surface area contributed by atoms with Gasteiger partial charge in [0.25, 0.3) is 0 Å². The average molecular weight is 663 g/mol. The van der Waals surface area contributed by atoms with Gasteiger partial charge in [0.1, 0.15) is 0 Å². The molecule has 3 heterocycles. The molecule has 0 fully saturated rings. The smallest absolute Gasteiger partial charge is 0.160 e. The maximum absolute atomic E-state index is 5.37. The van der Waals surface area contributed by atoms with Crippen LogP contribution in [0.15, 0.2) is 182 Å². The van der Waals surface area contributed by atoms with E-state index >= 15 is 0 Å². The van der Waals surface area contributed by atoms with Crippen molar-refractivity contribution >= 4 is 43.4 Å². The second kappa shape index (κ2) is 12.4. The van der Waals surface area contributed by atoms with Crippen molar-refractivity contribution in [2.45, 2.75) is 0 Å². The van der Waals surface area contributed by atoms with Crippen molar-refractivity contribution in [3.8, 4) is 56.2 Å². The molecule has 0 radical (unpaired) electrons. The highest BCUT2D eigenvalue weighted by Crippen LogP contribution is 2.38. The van der Waals surface area contributed by atoms with Crippen molar-refractivity contribution in [1.82, 2.24) is 19.9 Å². The van der Waals surface area contributed by atoms with Crippen LogP contribution in [-0.2, 0) is 0 Å². The molecule has 0 aliphatic carbocycles. The Balaban J connectivity index is 1.24. The largest absolute Gasteiger partial charge is 0.254 e. The van der Waals surface area contributed by atoms with Crippen molar-refractivity contribution < 1.29 is 0 Å². The first-order valence-corrected chi connectivity index (χ1v) is 17.5. The lowest BCUT2D eigenvalue weighted by Crippen LogP contribution is -1.98. The van der Waals surface area contributed by atoms with Gasteiger partial charge in [0, 0.05) is 39.9 Å². The minimum absolute atomic E-state index is 0.657. The summed E-state index contributed by atoms with van der Waals surface area (Å²) in [6, 6.07) is 59.7. The normalized spacial score (nSPS) is 11.5. The fourth-order valence-corrected chi connectivity index (χ4v) is 7.37. The maximum atomic E-state index is 5.37. The molecule has 0 atom stereocenters. The summed E-state index contributed by atoms with van der Waals surface area (Å²) in [4.78, 5) is 20.2. The van der Waals surface area contributed by atoms with E-state index in [9.17, 15) is 0 Å². The van der Waals surface area contributed by atoms with E-state index < -0.39 is 0 Å². The molecule has 0 aliphatic rings. The van der Waals surface area contributed by atoms with Gasteiger partial charge in [0.2, 0.25) is 0 Å². The second-order valence-electron chi connectivity index (χ2n) is 13.1. The Kier molecular flexibility index (Phi) is 7.10. The Morgan fingerprint density at radius 2 is 0.904 bits per heavy atom. The fraction of sp³-hybridized carbons (Fsp3) is 0. The summed E-state index contributed by atoms with van der Waals surface area (Å²) >= 11 is 0. The minimum Gasteiger partial charge on any atom is -0.254 e.